The number of ether oxygens (including phenoxy) is 2. The van der Waals surface area contributed by atoms with Crippen LogP contribution in [0, 0.1) is 0 Å². The van der Waals surface area contributed by atoms with E-state index in [2.05, 4.69) is 69.6 Å². The summed E-state index contributed by atoms with van der Waals surface area (Å²) in [7, 11) is 0. The summed E-state index contributed by atoms with van der Waals surface area (Å²) < 4.78 is 20.3. The molecule has 2 aromatic rings. The van der Waals surface area contributed by atoms with Gasteiger partial charge in [-0.25, -0.2) is 18.3 Å². The molecule has 0 saturated heterocycles. The summed E-state index contributed by atoms with van der Waals surface area (Å²) in [5.74, 6) is 0. The fourth-order valence-electron chi connectivity index (χ4n) is 4.05. The van der Waals surface area contributed by atoms with E-state index in [9.17, 15) is 0 Å². The molecule has 0 radical (unpaired) electrons. The normalized spacial score (nSPS) is 11.5. The topological polar surface area (TPSA) is 36.1 Å². The number of aryl methyl sites for hydroxylation is 2. The Hall–Kier alpha value is -1.66. The maximum absolute atomic E-state index is 5.80. The zero-order valence-electron chi connectivity index (χ0n) is 21.5. The Morgan fingerprint density at radius 1 is 0.545 bits per heavy atom. The second-order valence-electron chi connectivity index (χ2n) is 9.30. The van der Waals surface area contributed by atoms with E-state index in [0.717, 1.165) is 32.7 Å². The van der Waals surface area contributed by atoms with Gasteiger partial charge in [-0.1, -0.05) is 65.2 Å². The molecule has 0 atom stereocenters. The molecule has 0 aliphatic rings. The molecule has 0 saturated carbocycles. The molecule has 0 aliphatic carbocycles. The van der Waals surface area contributed by atoms with Gasteiger partial charge in [0.2, 0.25) is 12.7 Å². The van der Waals surface area contributed by atoms with Crippen LogP contribution >= 0.6 is 0 Å². The zero-order chi connectivity index (χ0) is 23.4. The van der Waals surface area contributed by atoms with Crippen LogP contribution in [-0.4, -0.2) is 22.3 Å². The van der Waals surface area contributed by atoms with Crippen molar-refractivity contribution < 1.29 is 18.6 Å². The average molecular weight is 463 g/mol. The lowest BCUT2D eigenvalue weighted by Gasteiger charge is -2.03. The standard InChI is InChI=1S/C27H50N4O2/c1-3-5-7-9-11-13-16-28-18-20-30(24-28)26-32-22-15-23-33-27-31-21-19-29(25-31)17-14-12-10-8-6-4-2/h18-21,24-25H,3-17,22-23,26-27H2,1-2H3/q+2. The Balaban J connectivity index is 1.43. The second-order valence-corrected chi connectivity index (χ2v) is 9.30. The van der Waals surface area contributed by atoms with Crippen molar-refractivity contribution in [3.63, 3.8) is 0 Å². The van der Waals surface area contributed by atoms with Crippen molar-refractivity contribution in [1.29, 1.82) is 0 Å². The SMILES string of the molecule is CCCCCCCCn1cc[n+](COCCCOC[n+]2ccn(CCCCCCCC)c2)c1. The number of imidazole rings is 2. The van der Waals surface area contributed by atoms with Crippen LogP contribution < -0.4 is 9.13 Å². The Kier molecular flexibility index (Phi) is 15.7. The summed E-state index contributed by atoms with van der Waals surface area (Å²) in [4.78, 5) is 0. The molecule has 0 N–H and O–H groups in total. The molecule has 33 heavy (non-hydrogen) atoms. The van der Waals surface area contributed by atoms with E-state index in [1.54, 1.807) is 0 Å². The maximum atomic E-state index is 5.80. The minimum atomic E-state index is 0.611. The van der Waals surface area contributed by atoms with Gasteiger partial charge in [0.15, 0.2) is 13.5 Å². The molecule has 2 aromatic heterocycles. The van der Waals surface area contributed by atoms with Gasteiger partial charge < -0.3 is 9.47 Å². The lowest BCUT2D eigenvalue weighted by molar-refractivity contribution is -0.733. The summed E-state index contributed by atoms with van der Waals surface area (Å²) in [5.41, 5.74) is 0. The minimum absolute atomic E-state index is 0.611. The van der Waals surface area contributed by atoms with E-state index in [-0.39, 0.29) is 0 Å². The van der Waals surface area contributed by atoms with Crippen molar-refractivity contribution in [2.75, 3.05) is 13.2 Å². The predicted molar refractivity (Wildman–Crippen MR) is 133 cm³/mol. The van der Waals surface area contributed by atoms with Crippen molar-refractivity contribution in [3.8, 4) is 0 Å². The largest absolute Gasteiger partial charge is 0.342 e. The fourth-order valence-corrected chi connectivity index (χ4v) is 4.05. The van der Waals surface area contributed by atoms with Crippen molar-refractivity contribution in [1.82, 2.24) is 9.13 Å². The van der Waals surface area contributed by atoms with Gasteiger partial charge in [0.1, 0.15) is 24.8 Å². The number of nitrogens with zero attached hydrogens (tertiary/aromatic N) is 4. The zero-order valence-corrected chi connectivity index (χ0v) is 21.5. The summed E-state index contributed by atoms with van der Waals surface area (Å²) in [6, 6.07) is 0. The van der Waals surface area contributed by atoms with Crippen molar-refractivity contribution in [3.05, 3.63) is 37.4 Å². The van der Waals surface area contributed by atoms with Gasteiger partial charge in [-0.05, 0) is 32.1 Å². The molecule has 0 fully saturated rings. The van der Waals surface area contributed by atoms with Crippen LogP contribution in [0.3, 0.4) is 0 Å². The average Bonchev–Trinajstić information content (AvgIpc) is 3.47. The van der Waals surface area contributed by atoms with Gasteiger partial charge in [0.25, 0.3) is 0 Å². The van der Waals surface area contributed by atoms with E-state index in [1.807, 2.05) is 0 Å². The van der Waals surface area contributed by atoms with Gasteiger partial charge >= 0.3 is 0 Å². The minimum Gasteiger partial charge on any atom is -0.342 e. The first-order valence-electron chi connectivity index (χ1n) is 13.6. The summed E-state index contributed by atoms with van der Waals surface area (Å²) in [6.45, 7) is 9.40. The van der Waals surface area contributed by atoms with Gasteiger partial charge in [-0.15, -0.1) is 0 Å². The highest BCUT2D eigenvalue weighted by atomic mass is 16.5. The first kappa shape index (κ1) is 27.6. The van der Waals surface area contributed by atoms with Crippen LogP contribution in [0.4, 0.5) is 0 Å². The molecule has 6 nitrogen and oxygen atoms in total. The highest BCUT2D eigenvalue weighted by molar-refractivity contribution is 4.66. The molecule has 0 spiro atoms. The first-order valence-corrected chi connectivity index (χ1v) is 13.6. The molecule has 0 aliphatic heterocycles. The van der Waals surface area contributed by atoms with E-state index in [1.165, 1.54) is 77.0 Å². The third kappa shape index (κ3) is 13.6. The van der Waals surface area contributed by atoms with Crippen LogP contribution in [0.1, 0.15) is 97.3 Å². The smallest absolute Gasteiger partial charge is 0.245 e. The summed E-state index contributed by atoms with van der Waals surface area (Å²) in [6.07, 6.45) is 29.7. The van der Waals surface area contributed by atoms with E-state index in [4.69, 9.17) is 9.47 Å². The van der Waals surface area contributed by atoms with Gasteiger partial charge in [0.05, 0.1) is 26.3 Å². The Labute approximate surface area is 202 Å². The van der Waals surface area contributed by atoms with Crippen LogP contribution in [-0.2, 0) is 36.0 Å². The lowest BCUT2D eigenvalue weighted by Crippen LogP contribution is -2.33. The molecule has 0 amide bonds. The van der Waals surface area contributed by atoms with Gasteiger partial charge in [-0.3, -0.25) is 0 Å². The molecular formula is C27H50N4O2+2. The number of hydrogen-bond acceptors (Lipinski definition) is 2. The molecular weight excluding hydrogens is 412 g/mol. The van der Waals surface area contributed by atoms with E-state index in [0.29, 0.717) is 13.5 Å². The van der Waals surface area contributed by atoms with E-state index < -0.39 is 0 Å². The third-order valence-electron chi connectivity index (χ3n) is 6.09. The molecule has 6 heteroatoms. The summed E-state index contributed by atoms with van der Waals surface area (Å²) in [5, 5.41) is 0. The van der Waals surface area contributed by atoms with Crippen LogP contribution in [0.15, 0.2) is 37.4 Å². The molecule has 188 valence electrons. The highest BCUT2D eigenvalue weighted by Gasteiger charge is 2.05. The highest BCUT2D eigenvalue weighted by Crippen LogP contribution is 2.07. The quantitative estimate of drug-likeness (QED) is 0.168. The number of rotatable bonds is 22. The number of aromatic nitrogens is 4. The van der Waals surface area contributed by atoms with E-state index >= 15 is 0 Å². The van der Waals surface area contributed by atoms with Gasteiger partial charge in [-0.2, -0.15) is 0 Å². The molecule has 0 unspecified atom stereocenters. The van der Waals surface area contributed by atoms with Crippen LogP contribution in [0.5, 0.6) is 0 Å². The van der Waals surface area contributed by atoms with Crippen molar-refractivity contribution in [2.45, 2.75) is 124 Å². The molecule has 2 heterocycles. The van der Waals surface area contributed by atoms with Crippen molar-refractivity contribution in [2.24, 2.45) is 0 Å². The second kappa shape index (κ2) is 18.7. The first-order chi connectivity index (χ1) is 16.3. The fraction of sp³-hybridized carbons (Fsp3) is 0.778. The monoisotopic (exact) mass is 462 g/mol. The van der Waals surface area contributed by atoms with Crippen LogP contribution in [0.25, 0.3) is 0 Å². The summed E-state index contributed by atoms with van der Waals surface area (Å²) >= 11 is 0. The molecule has 2 rings (SSSR count). The Morgan fingerprint density at radius 2 is 0.970 bits per heavy atom. The maximum Gasteiger partial charge on any atom is 0.245 e. The molecule has 0 aromatic carbocycles. The number of unbranched alkanes of at least 4 members (excludes halogenated alkanes) is 10. The Morgan fingerprint density at radius 3 is 1.42 bits per heavy atom. The number of hydrogen-bond donors (Lipinski definition) is 0. The lowest BCUT2D eigenvalue weighted by atomic mass is 10.1. The third-order valence-corrected chi connectivity index (χ3v) is 6.09. The predicted octanol–water partition coefficient (Wildman–Crippen LogP) is 5.62. The van der Waals surface area contributed by atoms with Gasteiger partial charge in [0, 0.05) is 0 Å². The van der Waals surface area contributed by atoms with Crippen molar-refractivity contribution >= 4 is 0 Å². The molecule has 0 bridgehead atoms. The Bertz CT molecular complexity index is 640. The van der Waals surface area contributed by atoms with Crippen LogP contribution in [0.2, 0.25) is 0 Å².